The molecule has 2 bridgehead atoms. The number of carbonyl (C=O) groups excluding carboxylic acids is 14. The van der Waals surface area contributed by atoms with Crippen LogP contribution in [0.3, 0.4) is 0 Å². The number of aliphatic hydroxyl groups is 1. The molecule has 13 atom stereocenters. The number of phenols is 1. The summed E-state index contributed by atoms with van der Waals surface area (Å²) in [6.07, 6.45) is 0.903. The number of aliphatic hydroxyl groups excluding tert-OH is 1. The number of nitrogens with zero attached hydrogens (tertiary/aromatic N) is 2. The molecular formula is C55H84N16O16S4. The third-order valence-corrected chi connectivity index (χ3v) is 20.4. The van der Waals surface area contributed by atoms with Gasteiger partial charge in [-0.1, -0.05) is 75.6 Å². The Bertz CT molecular complexity index is 2810. The van der Waals surface area contributed by atoms with Crippen molar-refractivity contribution in [1.82, 2.24) is 63.0 Å². The monoisotopic (exact) mass is 1350 g/mol. The van der Waals surface area contributed by atoms with E-state index < -0.39 is 181 Å². The molecule has 14 amide bonds. The number of benzene rings is 1. The molecule has 504 valence electrons. The second-order valence-electron chi connectivity index (χ2n) is 22.3. The minimum atomic E-state index is -1.79. The number of nitrogens with two attached hydrogens (primary N) is 4. The van der Waals surface area contributed by atoms with Crippen molar-refractivity contribution in [3.05, 3.63) is 29.8 Å². The molecule has 32 nitrogen and oxygen atoms in total. The third kappa shape index (κ3) is 22.6. The SMILES string of the molecule is CC[C@H](C)[C@H](N)C(=O)N[C@H]1CSSC[C@@H]2NC(=O)[C@H](C)NC(=O)[C@@H]3CCCN3C(=O)[C@H](CC(N)=O)NC(=O)[C@H](CSSC[C@@H](C(N)=O)NC(=O)[C@H](CO)NC(=O)[C@H](Cc3ccc(O)cc3)NC(=O)[C@H](CCCCN)NC(=O)[C@@H]3CCCN3C(=O)CNC2=O)NC1=O. The van der Waals surface area contributed by atoms with Crippen LogP contribution in [0.15, 0.2) is 24.3 Å². The lowest BCUT2D eigenvalue weighted by molar-refractivity contribution is -0.143. The highest BCUT2D eigenvalue weighted by Gasteiger charge is 2.42. The highest BCUT2D eigenvalue weighted by atomic mass is 33.1. The number of hydrogen-bond donors (Lipinski definition) is 16. The second-order valence-corrected chi connectivity index (χ2v) is 27.4. The molecule has 0 aromatic heterocycles. The summed E-state index contributed by atoms with van der Waals surface area (Å²) in [6.45, 7) is 3.27. The summed E-state index contributed by atoms with van der Waals surface area (Å²) in [5, 5.41) is 46.0. The second kappa shape index (κ2) is 36.8. The predicted octanol–water partition coefficient (Wildman–Crippen LogP) is -5.94. The molecule has 20 N–H and O–H groups in total. The summed E-state index contributed by atoms with van der Waals surface area (Å²) in [5.41, 5.74) is 23.8. The first-order chi connectivity index (χ1) is 43.3. The number of primary amides is 2. The summed E-state index contributed by atoms with van der Waals surface area (Å²) in [4.78, 5) is 198. The van der Waals surface area contributed by atoms with E-state index in [1.165, 1.54) is 36.1 Å². The lowest BCUT2D eigenvalue weighted by atomic mass is 9.99. The van der Waals surface area contributed by atoms with Crippen molar-refractivity contribution < 1.29 is 77.3 Å². The Labute approximate surface area is 541 Å². The molecule has 36 heteroatoms. The number of aromatic hydroxyl groups is 1. The Morgan fingerprint density at radius 1 is 0.648 bits per heavy atom. The lowest BCUT2D eigenvalue weighted by Gasteiger charge is -2.30. The molecule has 4 aliphatic heterocycles. The number of amides is 14. The van der Waals surface area contributed by atoms with Crippen LogP contribution in [0, 0.1) is 5.92 Å². The number of unbranched alkanes of at least 4 members (excludes halogenated alkanes) is 1. The maximum Gasteiger partial charge on any atom is 0.246 e. The zero-order valence-electron chi connectivity index (χ0n) is 50.7. The van der Waals surface area contributed by atoms with E-state index in [0.29, 0.717) is 31.2 Å². The van der Waals surface area contributed by atoms with E-state index in [-0.39, 0.29) is 80.7 Å². The van der Waals surface area contributed by atoms with E-state index in [2.05, 4.69) is 53.2 Å². The van der Waals surface area contributed by atoms with Crippen LogP contribution in [0.25, 0.3) is 0 Å². The van der Waals surface area contributed by atoms with Gasteiger partial charge >= 0.3 is 0 Å². The van der Waals surface area contributed by atoms with Crippen LogP contribution in [0.2, 0.25) is 0 Å². The molecule has 91 heavy (non-hydrogen) atoms. The van der Waals surface area contributed by atoms with Crippen molar-refractivity contribution in [2.45, 2.75) is 157 Å². The van der Waals surface area contributed by atoms with Gasteiger partial charge in [0.15, 0.2) is 0 Å². The van der Waals surface area contributed by atoms with Crippen molar-refractivity contribution in [2.75, 3.05) is 55.8 Å². The molecule has 5 rings (SSSR count). The molecule has 0 aliphatic carbocycles. The maximum absolute atomic E-state index is 14.6. The average molecular weight is 1350 g/mol. The molecular weight excluding hydrogens is 1270 g/mol. The van der Waals surface area contributed by atoms with Gasteiger partial charge in [0.25, 0.3) is 0 Å². The van der Waals surface area contributed by atoms with Crippen molar-refractivity contribution in [3.63, 3.8) is 0 Å². The zero-order valence-corrected chi connectivity index (χ0v) is 54.0. The quantitative estimate of drug-likeness (QED) is 0.0609. The Hall–Kier alpha value is -7.12. The van der Waals surface area contributed by atoms with Gasteiger partial charge in [0.1, 0.15) is 72.2 Å². The smallest absolute Gasteiger partial charge is 0.246 e. The van der Waals surface area contributed by atoms with Crippen LogP contribution in [0.5, 0.6) is 5.75 Å². The molecule has 0 spiro atoms. The molecule has 4 heterocycles. The summed E-state index contributed by atoms with van der Waals surface area (Å²) < 4.78 is 0. The van der Waals surface area contributed by atoms with Gasteiger partial charge in [-0.15, -0.1) is 0 Å². The highest BCUT2D eigenvalue weighted by Crippen LogP contribution is 2.27. The number of carbonyl (C=O) groups is 14. The van der Waals surface area contributed by atoms with Crippen LogP contribution in [0.4, 0.5) is 0 Å². The first kappa shape index (κ1) is 74.6. The maximum atomic E-state index is 14.6. The molecule has 1 aromatic rings. The summed E-state index contributed by atoms with van der Waals surface area (Å²) >= 11 is 0. The fourth-order valence-electron chi connectivity index (χ4n) is 9.95. The molecule has 0 radical (unpaired) electrons. The van der Waals surface area contributed by atoms with Crippen molar-refractivity contribution in [3.8, 4) is 5.75 Å². The fourth-order valence-corrected chi connectivity index (χ4v) is 14.6. The number of fused-ring (bicyclic) bond motifs is 10. The van der Waals surface area contributed by atoms with Crippen molar-refractivity contribution >= 4 is 126 Å². The van der Waals surface area contributed by atoms with E-state index in [9.17, 15) is 77.3 Å². The number of phenolic OH excluding ortho intramolecular Hbond substituents is 1. The van der Waals surface area contributed by atoms with Crippen molar-refractivity contribution in [2.24, 2.45) is 28.9 Å². The summed E-state index contributed by atoms with van der Waals surface area (Å²) in [5.74, 6) is -14.8. The molecule has 1 aromatic carbocycles. The molecule has 0 unspecified atom stereocenters. The number of nitrogens with one attached hydrogen (secondary N) is 10. The fraction of sp³-hybridized carbons (Fsp3) is 0.636. The van der Waals surface area contributed by atoms with E-state index in [0.717, 1.165) is 48.1 Å². The van der Waals surface area contributed by atoms with Gasteiger partial charge in [0.05, 0.1) is 25.6 Å². The third-order valence-electron chi connectivity index (χ3n) is 15.5. The average Bonchev–Trinajstić information content (AvgIpc) is 2.28. The standard InChI is InChI=1S/C55H84N16O16S4/c1-4-27(2)43(58)54(86)69-38-26-91-89-24-36-46(78)60-21-42(75)70-17-7-10-39(70)53(85)62-31(9-5-6-16-56)47(79)63-32(19-29-12-14-30(73)15-13-29)48(80)65-34(22-72)49(81)66-35(44(59)76)23-88-90-25-37(68-51(38)83)50(82)64-33(20-41(57)74)55(87)71-18-8-11-40(71)52(84)61-28(3)45(77)67-36/h12-15,27-28,31-40,43,72-73H,4-11,16-26,56,58H2,1-3H3,(H2,57,74)(H2,59,76)(H,60,78)(H,61,84)(H,62,85)(H,63,79)(H,64,82)(H,65,80)(H,66,81)(H,67,77)(H,68,83)(H,69,86)/t27-,28-,31-,32-,33-,34-,35-,36-,37-,38-,39-,40-,43-/m0/s1. The van der Waals surface area contributed by atoms with E-state index in [4.69, 9.17) is 22.9 Å². The van der Waals surface area contributed by atoms with Gasteiger partial charge in [-0.05, 0) is 82.0 Å². The molecule has 0 saturated carbocycles. The van der Waals surface area contributed by atoms with Crippen LogP contribution in [0.1, 0.15) is 84.1 Å². The first-order valence-electron chi connectivity index (χ1n) is 29.8. The van der Waals surface area contributed by atoms with Gasteiger partial charge in [-0.25, -0.2) is 0 Å². The zero-order chi connectivity index (χ0) is 67.1. The molecule has 4 aliphatic rings. The Balaban J connectivity index is 1.59. The molecule has 4 saturated heterocycles. The van der Waals surface area contributed by atoms with Gasteiger partial charge < -0.3 is 96.1 Å². The van der Waals surface area contributed by atoms with Crippen LogP contribution >= 0.6 is 43.2 Å². The minimum Gasteiger partial charge on any atom is -0.508 e. The number of hydrogen-bond acceptors (Lipinski definition) is 22. The largest absolute Gasteiger partial charge is 0.508 e. The highest BCUT2D eigenvalue weighted by molar-refractivity contribution is 8.77. The Morgan fingerprint density at radius 3 is 1.82 bits per heavy atom. The molecule has 4 fully saturated rings. The summed E-state index contributed by atoms with van der Waals surface area (Å²) in [6, 6.07) is -11.9. The van der Waals surface area contributed by atoms with Crippen LogP contribution in [-0.4, -0.2) is 231 Å². The minimum absolute atomic E-state index is 0.00425. The Kier molecular flexibility index (Phi) is 30.2. The van der Waals surface area contributed by atoms with Crippen molar-refractivity contribution in [1.29, 1.82) is 0 Å². The Morgan fingerprint density at radius 2 is 1.20 bits per heavy atom. The van der Waals surface area contributed by atoms with E-state index >= 15 is 0 Å². The predicted molar refractivity (Wildman–Crippen MR) is 338 cm³/mol. The van der Waals surface area contributed by atoms with Gasteiger partial charge in [0.2, 0.25) is 82.7 Å². The van der Waals surface area contributed by atoms with E-state index in [1.54, 1.807) is 13.8 Å². The van der Waals surface area contributed by atoms with Gasteiger partial charge in [0, 0.05) is 42.5 Å². The lowest BCUT2D eigenvalue weighted by Crippen LogP contribution is -2.61. The summed E-state index contributed by atoms with van der Waals surface area (Å²) in [7, 11) is 3.58. The van der Waals surface area contributed by atoms with Crippen LogP contribution in [-0.2, 0) is 73.5 Å². The normalized spacial score (nSPS) is 28.0. The van der Waals surface area contributed by atoms with Crippen LogP contribution < -0.4 is 76.1 Å². The topological polar surface area (TPSA) is 510 Å². The number of rotatable bonds is 14. The first-order valence-corrected chi connectivity index (χ1v) is 34.8. The van der Waals surface area contributed by atoms with E-state index in [1.807, 2.05) is 0 Å². The van der Waals surface area contributed by atoms with Gasteiger partial charge in [-0.2, -0.15) is 0 Å². The van der Waals surface area contributed by atoms with Gasteiger partial charge in [-0.3, -0.25) is 67.1 Å².